The zero-order valence-electron chi connectivity index (χ0n) is 13.8. The van der Waals surface area contributed by atoms with Gasteiger partial charge in [0, 0.05) is 11.0 Å². The quantitative estimate of drug-likeness (QED) is 0.899. The van der Waals surface area contributed by atoms with Crippen LogP contribution in [0.3, 0.4) is 0 Å². The summed E-state index contributed by atoms with van der Waals surface area (Å²) >= 11 is 0. The summed E-state index contributed by atoms with van der Waals surface area (Å²) in [7, 11) is 0. The average Bonchev–Trinajstić information content (AvgIpc) is 2.33. The van der Waals surface area contributed by atoms with Crippen LogP contribution in [-0.2, 0) is 9.59 Å². The van der Waals surface area contributed by atoms with Crippen molar-refractivity contribution in [3.63, 3.8) is 0 Å². The van der Waals surface area contributed by atoms with Crippen molar-refractivity contribution in [2.75, 3.05) is 0 Å². The molecule has 0 aliphatic heterocycles. The molecule has 1 rings (SSSR count). The van der Waals surface area contributed by atoms with E-state index >= 15 is 0 Å². The minimum Gasteiger partial charge on any atom is -0.349 e. The van der Waals surface area contributed by atoms with E-state index in [0.717, 1.165) is 5.56 Å². The topological polar surface area (TPSA) is 58.2 Å². The van der Waals surface area contributed by atoms with Gasteiger partial charge in [0.25, 0.3) is 0 Å². The first-order valence-corrected chi connectivity index (χ1v) is 7.18. The fraction of sp³-hybridized carbons (Fsp3) is 0.529. The molecule has 2 amide bonds. The molecule has 0 bridgehead atoms. The van der Waals surface area contributed by atoms with Crippen LogP contribution in [0.15, 0.2) is 30.3 Å². The Kier molecular flexibility index (Phi) is 5.15. The fourth-order valence-electron chi connectivity index (χ4n) is 1.74. The maximum Gasteiger partial charge on any atom is 0.247 e. The van der Waals surface area contributed by atoms with E-state index in [0.29, 0.717) is 0 Å². The van der Waals surface area contributed by atoms with Crippen molar-refractivity contribution in [1.82, 2.24) is 10.6 Å². The summed E-state index contributed by atoms with van der Waals surface area (Å²) in [6.45, 7) is 11.2. The van der Waals surface area contributed by atoms with Crippen molar-refractivity contribution in [2.24, 2.45) is 5.41 Å². The smallest absolute Gasteiger partial charge is 0.247 e. The minimum atomic E-state index is -0.683. The maximum atomic E-state index is 12.5. The Morgan fingerprint density at radius 2 is 1.48 bits per heavy atom. The van der Waals surface area contributed by atoms with Gasteiger partial charge in [0.15, 0.2) is 0 Å². The predicted octanol–water partition coefficient (Wildman–Crippen LogP) is 2.80. The molecule has 0 aromatic heterocycles. The second kappa shape index (κ2) is 6.29. The molecule has 4 heteroatoms. The van der Waals surface area contributed by atoms with Gasteiger partial charge in [-0.3, -0.25) is 9.59 Å². The van der Waals surface area contributed by atoms with E-state index in [1.807, 2.05) is 71.9 Å². The number of hydrogen-bond donors (Lipinski definition) is 2. The molecular weight excluding hydrogens is 264 g/mol. The molecule has 1 aromatic rings. The third-order valence-electron chi connectivity index (χ3n) is 2.85. The number of nitrogens with one attached hydrogen (secondary N) is 2. The van der Waals surface area contributed by atoms with E-state index in [9.17, 15) is 9.59 Å². The first-order valence-electron chi connectivity index (χ1n) is 7.18. The second-order valence-corrected chi connectivity index (χ2v) is 7.31. The first kappa shape index (κ1) is 17.2. The Morgan fingerprint density at radius 3 is 1.90 bits per heavy atom. The summed E-state index contributed by atoms with van der Waals surface area (Å²) in [5.74, 6) is -0.355. The lowest BCUT2D eigenvalue weighted by Gasteiger charge is -2.28. The molecule has 0 fully saturated rings. The number of carbonyl (C=O) groups is 2. The van der Waals surface area contributed by atoms with Gasteiger partial charge in [0.2, 0.25) is 11.8 Å². The summed E-state index contributed by atoms with van der Waals surface area (Å²) in [6.07, 6.45) is 0. The lowest BCUT2D eigenvalue weighted by molar-refractivity contribution is -0.134. The molecule has 0 heterocycles. The molecule has 21 heavy (non-hydrogen) atoms. The molecular formula is C17H26N2O2. The molecule has 0 saturated carbocycles. The van der Waals surface area contributed by atoms with Crippen molar-refractivity contribution in [3.05, 3.63) is 35.9 Å². The molecule has 0 unspecified atom stereocenters. The zero-order valence-corrected chi connectivity index (χ0v) is 13.8. The Bertz CT molecular complexity index is 496. The van der Waals surface area contributed by atoms with Crippen LogP contribution in [0.5, 0.6) is 0 Å². The van der Waals surface area contributed by atoms with Crippen molar-refractivity contribution >= 4 is 11.8 Å². The molecule has 4 nitrogen and oxygen atoms in total. The molecule has 0 radical (unpaired) electrons. The fourth-order valence-corrected chi connectivity index (χ4v) is 1.74. The van der Waals surface area contributed by atoms with Crippen LogP contribution in [0.1, 0.15) is 53.1 Å². The number of amides is 2. The first-order chi connectivity index (χ1) is 9.50. The van der Waals surface area contributed by atoms with E-state index in [-0.39, 0.29) is 17.4 Å². The third-order valence-corrected chi connectivity index (χ3v) is 2.85. The van der Waals surface area contributed by atoms with E-state index in [2.05, 4.69) is 10.6 Å². The molecule has 1 aromatic carbocycles. The van der Waals surface area contributed by atoms with E-state index in [1.165, 1.54) is 0 Å². The van der Waals surface area contributed by atoms with Crippen molar-refractivity contribution in [2.45, 2.75) is 53.1 Å². The molecule has 0 saturated heterocycles. The van der Waals surface area contributed by atoms with Crippen LogP contribution in [-0.4, -0.2) is 17.4 Å². The van der Waals surface area contributed by atoms with Crippen molar-refractivity contribution in [1.29, 1.82) is 0 Å². The summed E-state index contributed by atoms with van der Waals surface area (Å²) in [5, 5.41) is 5.77. The van der Waals surface area contributed by atoms with Crippen LogP contribution in [0.25, 0.3) is 0 Å². The lowest BCUT2D eigenvalue weighted by atomic mass is 9.94. The summed E-state index contributed by atoms with van der Waals surface area (Å²) < 4.78 is 0. The van der Waals surface area contributed by atoms with Crippen LogP contribution in [0.4, 0.5) is 0 Å². The van der Waals surface area contributed by atoms with E-state index in [4.69, 9.17) is 0 Å². The highest BCUT2D eigenvalue weighted by molar-refractivity contribution is 5.90. The van der Waals surface area contributed by atoms with Gasteiger partial charge in [-0.2, -0.15) is 0 Å². The van der Waals surface area contributed by atoms with E-state index in [1.54, 1.807) is 0 Å². The van der Waals surface area contributed by atoms with Gasteiger partial charge in [-0.05, 0) is 26.3 Å². The number of hydrogen-bond acceptors (Lipinski definition) is 2. The van der Waals surface area contributed by atoms with Crippen molar-refractivity contribution in [3.8, 4) is 0 Å². The highest BCUT2D eigenvalue weighted by Gasteiger charge is 2.30. The summed E-state index contributed by atoms with van der Waals surface area (Å²) in [6, 6.07) is 8.60. The summed E-state index contributed by atoms with van der Waals surface area (Å²) in [4.78, 5) is 24.7. The minimum absolute atomic E-state index is 0.152. The maximum absolute atomic E-state index is 12.5. The molecule has 0 aliphatic rings. The van der Waals surface area contributed by atoms with E-state index < -0.39 is 11.5 Å². The number of benzene rings is 1. The highest BCUT2D eigenvalue weighted by Crippen LogP contribution is 2.19. The average molecular weight is 290 g/mol. The molecule has 2 N–H and O–H groups in total. The largest absolute Gasteiger partial charge is 0.349 e. The molecule has 0 spiro atoms. The predicted molar refractivity (Wildman–Crippen MR) is 84.7 cm³/mol. The molecule has 0 aliphatic carbocycles. The molecule has 1 atom stereocenters. The lowest BCUT2D eigenvalue weighted by Crippen LogP contribution is -2.49. The van der Waals surface area contributed by atoms with Crippen LogP contribution in [0, 0.1) is 5.41 Å². The Balaban J connectivity index is 3.02. The van der Waals surface area contributed by atoms with Crippen LogP contribution in [0.2, 0.25) is 0 Å². The third kappa shape index (κ3) is 5.58. The summed E-state index contributed by atoms with van der Waals surface area (Å²) in [5.41, 5.74) is -0.122. The standard InChI is InChI=1S/C17H26N2O2/c1-16(2,3)15(21)18-13(12-10-8-7-9-11-12)14(20)19-17(4,5)6/h7-11,13H,1-6H3,(H,18,21)(H,19,20)/t13-/m0/s1. The highest BCUT2D eigenvalue weighted by atomic mass is 16.2. The second-order valence-electron chi connectivity index (χ2n) is 7.31. The van der Waals surface area contributed by atoms with Gasteiger partial charge in [0.05, 0.1) is 0 Å². The normalized spacial score (nSPS) is 13.4. The Hall–Kier alpha value is -1.84. The Morgan fingerprint density at radius 1 is 0.952 bits per heavy atom. The van der Waals surface area contributed by atoms with Gasteiger partial charge in [0.1, 0.15) is 6.04 Å². The Labute approximate surface area is 127 Å². The number of carbonyl (C=O) groups excluding carboxylic acids is 2. The van der Waals surface area contributed by atoms with Crippen LogP contribution < -0.4 is 10.6 Å². The van der Waals surface area contributed by atoms with Gasteiger partial charge in [-0.1, -0.05) is 51.1 Å². The van der Waals surface area contributed by atoms with Gasteiger partial charge < -0.3 is 10.6 Å². The van der Waals surface area contributed by atoms with Crippen molar-refractivity contribution < 1.29 is 9.59 Å². The molecule has 116 valence electrons. The number of rotatable bonds is 3. The monoisotopic (exact) mass is 290 g/mol. The zero-order chi connectivity index (χ0) is 16.3. The SMILES string of the molecule is CC(C)(C)NC(=O)[C@@H](NC(=O)C(C)(C)C)c1ccccc1. The van der Waals surface area contributed by atoms with Crippen LogP contribution >= 0.6 is 0 Å². The van der Waals surface area contributed by atoms with Gasteiger partial charge >= 0.3 is 0 Å². The van der Waals surface area contributed by atoms with Gasteiger partial charge in [-0.15, -0.1) is 0 Å². The van der Waals surface area contributed by atoms with Gasteiger partial charge in [-0.25, -0.2) is 0 Å².